The van der Waals surface area contributed by atoms with Gasteiger partial charge in [0.25, 0.3) is 5.91 Å². The molecule has 1 unspecified atom stereocenters. The molecule has 0 radical (unpaired) electrons. The van der Waals surface area contributed by atoms with Gasteiger partial charge in [-0.25, -0.2) is 0 Å². The minimum absolute atomic E-state index is 0.0598. The Bertz CT molecular complexity index is 554. The van der Waals surface area contributed by atoms with Crippen LogP contribution in [0.1, 0.15) is 18.4 Å². The van der Waals surface area contributed by atoms with Crippen molar-refractivity contribution in [1.29, 1.82) is 0 Å². The first-order valence-electron chi connectivity index (χ1n) is 8.06. The Morgan fingerprint density at radius 3 is 2.78 bits per heavy atom. The van der Waals surface area contributed by atoms with Crippen LogP contribution in [0.15, 0.2) is 18.2 Å². The monoisotopic (exact) mass is 320 g/mol. The highest BCUT2D eigenvalue weighted by Crippen LogP contribution is 2.32. The van der Waals surface area contributed by atoms with Crippen molar-refractivity contribution in [3.8, 4) is 11.5 Å². The fraction of sp³-hybridized carbons (Fsp3) is 0.588. The number of methoxy groups -OCH3 is 2. The smallest absolute Gasteiger partial charge is 0.253 e. The molecule has 0 bridgehead atoms. The first kappa shape index (κ1) is 16.1. The molecule has 1 N–H and O–H groups in total. The van der Waals surface area contributed by atoms with Crippen molar-refractivity contribution in [3.05, 3.63) is 23.8 Å². The van der Waals surface area contributed by atoms with E-state index in [-0.39, 0.29) is 12.0 Å². The molecule has 126 valence electrons. The Morgan fingerprint density at radius 2 is 2.17 bits per heavy atom. The maximum absolute atomic E-state index is 12.8. The molecule has 0 spiro atoms. The molecule has 2 fully saturated rings. The number of ether oxygens (including phenoxy) is 3. The number of rotatable bonds is 6. The van der Waals surface area contributed by atoms with Crippen LogP contribution in [0.4, 0.5) is 0 Å². The van der Waals surface area contributed by atoms with E-state index in [0.717, 1.165) is 36.4 Å². The summed E-state index contributed by atoms with van der Waals surface area (Å²) in [7, 11) is 3.28. The van der Waals surface area contributed by atoms with Gasteiger partial charge in [-0.05, 0) is 31.0 Å². The Balaban J connectivity index is 1.78. The van der Waals surface area contributed by atoms with Crippen molar-refractivity contribution in [2.75, 3.05) is 33.9 Å². The number of amides is 1. The molecular weight excluding hydrogens is 296 g/mol. The Morgan fingerprint density at radius 1 is 1.35 bits per heavy atom. The zero-order valence-corrected chi connectivity index (χ0v) is 13.7. The Labute approximate surface area is 136 Å². The van der Waals surface area contributed by atoms with E-state index >= 15 is 0 Å². The van der Waals surface area contributed by atoms with Gasteiger partial charge in [0, 0.05) is 31.2 Å². The summed E-state index contributed by atoms with van der Waals surface area (Å²) in [5, 5.41) is 3.22. The van der Waals surface area contributed by atoms with Crippen molar-refractivity contribution >= 4 is 5.91 Å². The third kappa shape index (κ3) is 3.76. The SMILES string of the molecule is COc1ccc(OC)c(CN(C(=O)C2CNCCO2)C2CC2)c1. The highest BCUT2D eigenvalue weighted by Gasteiger charge is 2.37. The van der Waals surface area contributed by atoms with Crippen molar-refractivity contribution < 1.29 is 19.0 Å². The van der Waals surface area contributed by atoms with Crippen molar-refractivity contribution in [2.24, 2.45) is 0 Å². The van der Waals surface area contributed by atoms with E-state index in [9.17, 15) is 4.79 Å². The predicted octanol–water partition coefficient (Wildman–Crippen LogP) is 1.18. The van der Waals surface area contributed by atoms with Crippen molar-refractivity contribution in [1.82, 2.24) is 10.2 Å². The lowest BCUT2D eigenvalue weighted by Crippen LogP contribution is -2.49. The van der Waals surface area contributed by atoms with E-state index in [4.69, 9.17) is 14.2 Å². The van der Waals surface area contributed by atoms with Crippen LogP contribution < -0.4 is 14.8 Å². The molecule has 6 heteroatoms. The third-order valence-corrected chi connectivity index (χ3v) is 4.30. The molecule has 6 nitrogen and oxygen atoms in total. The standard InChI is InChI=1S/C17H24N2O4/c1-21-14-5-6-15(22-2)12(9-14)11-19(13-3-4-13)17(20)16-10-18-7-8-23-16/h5-6,9,13,16,18H,3-4,7-8,10-11H2,1-2H3. The number of morpholine rings is 1. The van der Waals surface area contributed by atoms with Crippen LogP contribution in [0.5, 0.6) is 11.5 Å². The molecule has 1 amide bonds. The molecule has 1 aliphatic carbocycles. The second kappa shape index (κ2) is 7.19. The molecule has 1 heterocycles. The molecule has 0 aromatic heterocycles. The topological polar surface area (TPSA) is 60.0 Å². The maximum Gasteiger partial charge on any atom is 0.253 e. The van der Waals surface area contributed by atoms with Gasteiger partial charge in [-0.1, -0.05) is 0 Å². The number of hydrogen-bond acceptors (Lipinski definition) is 5. The number of carbonyl (C=O) groups is 1. The molecule has 1 aromatic carbocycles. The summed E-state index contributed by atoms with van der Waals surface area (Å²) < 4.78 is 16.4. The van der Waals surface area contributed by atoms with Gasteiger partial charge in [-0.2, -0.15) is 0 Å². The van der Waals surface area contributed by atoms with Crippen LogP contribution in [0.25, 0.3) is 0 Å². The van der Waals surface area contributed by atoms with Crippen LogP contribution in [-0.4, -0.2) is 56.9 Å². The van der Waals surface area contributed by atoms with Gasteiger partial charge in [-0.3, -0.25) is 4.79 Å². The van der Waals surface area contributed by atoms with E-state index in [1.54, 1.807) is 14.2 Å². The molecule has 3 rings (SSSR count). The summed E-state index contributed by atoms with van der Waals surface area (Å²) >= 11 is 0. The molecule has 1 saturated carbocycles. The average molecular weight is 320 g/mol. The number of nitrogens with one attached hydrogen (secondary N) is 1. The summed E-state index contributed by atoms with van der Waals surface area (Å²) in [5.41, 5.74) is 0.955. The minimum atomic E-state index is -0.388. The lowest BCUT2D eigenvalue weighted by Gasteiger charge is -2.30. The third-order valence-electron chi connectivity index (χ3n) is 4.30. The van der Waals surface area contributed by atoms with E-state index in [0.29, 0.717) is 25.7 Å². The van der Waals surface area contributed by atoms with Crippen LogP contribution in [0.3, 0.4) is 0 Å². The lowest BCUT2D eigenvalue weighted by atomic mass is 10.1. The van der Waals surface area contributed by atoms with Gasteiger partial charge >= 0.3 is 0 Å². The van der Waals surface area contributed by atoms with E-state index in [2.05, 4.69) is 5.32 Å². The second-order valence-electron chi connectivity index (χ2n) is 5.94. The van der Waals surface area contributed by atoms with Gasteiger partial charge in [0.2, 0.25) is 0 Å². The number of carbonyl (C=O) groups excluding carboxylic acids is 1. The van der Waals surface area contributed by atoms with Gasteiger partial charge in [0.15, 0.2) is 0 Å². The normalized spacial score (nSPS) is 20.9. The van der Waals surface area contributed by atoms with E-state index in [1.165, 1.54) is 0 Å². The molecule has 1 saturated heterocycles. The zero-order valence-electron chi connectivity index (χ0n) is 13.7. The summed E-state index contributed by atoms with van der Waals surface area (Å²) in [6.45, 7) is 2.48. The predicted molar refractivity (Wildman–Crippen MR) is 85.7 cm³/mol. The summed E-state index contributed by atoms with van der Waals surface area (Å²) in [6.07, 6.45) is 1.72. The molecule has 23 heavy (non-hydrogen) atoms. The number of nitrogens with zero attached hydrogens (tertiary/aromatic N) is 1. The molecule has 1 aliphatic heterocycles. The average Bonchev–Trinajstić information content (AvgIpc) is 3.44. The van der Waals surface area contributed by atoms with Crippen LogP contribution in [0, 0.1) is 0 Å². The number of benzene rings is 1. The van der Waals surface area contributed by atoms with E-state index < -0.39 is 0 Å². The Hall–Kier alpha value is -1.79. The lowest BCUT2D eigenvalue weighted by molar-refractivity contribution is -0.146. The van der Waals surface area contributed by atoms with Gasteiger partial charge < -0.3 is 24.4 Å². The number of hydrogen-bond donors (Lipinski definition) is 1. The summed E-state index contributed by atoms with van der Waals surface area (Å²) in [6, 6.07) is 5.98. The fourth-order valence-corrected chi connectivity index (χ4v) is 2.87. The van der Waals surface area contributed by atoms with Gasteiger partial charge in [0.05, 0.1) is 20.8 Å². The van der Waals surface area contributed by atoms with Crippen molar-refractivity contribution in [3.63, 3.8) is 0 Å². The largest absolute Gasteiger partial charge is 0.497 e. The fourth-order valence-electron chi connectivity index (χ4n) is 2.87. The molecular formula is C17H24N2O4. The highest BCUT2D eigenvalue weighted by atomic mass is 16.5. The van der Waals surface area contributed by atoms with E-state index in [1.807, 2.05) is 23.1 Å². The van der Waals surface area contributed by atoms with Gasteiger partial charge in [-0.15, -0.1) is 0 Å². The first-order valence-corrected chi connectivity index (χ1v) is 8.06. The second-order valence-corrected chi connectivity index (χ2v) is 5.94. The summed E-state index contributed by atoms with van der Waals surface area (Å²) in [5.74, 6) is 1.59. The maximum atomic E-state index is 12.8. The van der Waals surface area contributed by atoms with Crippen LogP contribution in [0.2, 0.25) is 0 Å². The summed E-state index contributed by atoms with van der Waals surface area (Å²) in [4.78, 5) is 14.8. The Kier molecular flexibility index (Phi) is 5.03. The van der Waals surface area contributed by atoms with Crippen LogP contribution >= 0.6 is 0 Å². The van der Waals surface area contributed by atoms with Crippen LogP contribution in [-0.2, 0) is 16.1 Å². The quantitative estimate of drug-likeness (QED) is 0.853. The first-order chi connectivity index (χ1) is 11.2. The van der Waals surface area contributed by atoms with Crippen molar-refractivity contribution in [2.45, 2.75) is 31.5 Å². The van der Waals surface area contributed by atoms with Gasteiger partial charge in [0.1, 0.15) is 17.6 Å². The molecule has 2 aliphatic rings. The highest BCUT2D eigenvalue weighted by molar-refractivity contribution is 5.82. The zero-order chi connectivity index (χ0) is 16.2. The molecule has 1 aromatic rings. The minimum Gasteiger partial charge on any atom is -0.497 e. The molecule has 1 atom stereocenters.